The second-order valence-corrected chi connectivity index (χ2v) is 16.0. The van der Waals surface area contributed by atoms with Crippen molar-refractivity contribution >= 4 is 43.9 Å². The number of rotatable bonds is 7. The number of imidazole rings is 1. The number of pyridine rings is 1. The van der Waals surface area contributed by atoms with E-state index in [4.69, 9.17) is 13.8 Å². The van der Waals surface area contributed by atoms with E-state index in [-0.39, 0.29) is 31.9 Å². The van der Waals surface area contributed by atoms with Gasteiger partial charge in [0.2, 0.25) is 0 Å². The molecule has 0 unspecified atom stereocenters. The van der Waals surface area contributed by atoms with E-state index in [1.165, 1.54) is 27.9 Å². The fourth-order valence-corrected chi connectivity index (χ4v) is 8.33. The Kier molecular flexibility index (Phi) is 11.3. The van der Waals surface area contributed by atoms with Crippen LogP contribution in [0.25, 0.3) is 94.7 Å². The van der Waals surface area contributed by atoms with Crippen molar-refractivity contribution in [3.05, 3.63) is 199 Å². The maximum Gasteiger partial charge on any atom is 0.138 e. The largest absolute Gasteiger partial charge is 0.500 e. The molecule has 0 atom stereocenters. The van der Waals surface area contributed by atoms with Crippen LogP contribution >= 0.6 is 0 Å². The van der Waals surface area contributed by atoms with Gasteiger partial charge >= 0.3 is 0 Å². The third kappa shape index (κ3) is 7.47. The second-order valence-electron chi connectivity index (χ2n) is 16.0. The number of fused-ring (bicyclic) bond motifs is 6. The van der Waals surface area contributed by atoms with Crippen molar-refractivity contribution in [3.63, 3.8) is 0 Å². The van der Waals surface area contributed by atoms with Gasteiger partial charge in [-0.15, -0.1) is 54.1 Å². The Hall–Kier alpha value is -6.85. The smallest absolute Gasteiger partial charge is 0.138 e. The summed E-state index contributed by atoms with van der Waals surface area (Å²) < 4.78 is 15.5. The maximum atomic E-state index is 6.88. The number of furan rings is 2. The summed E-state index contributed by atoms with van der Waals surface area (Å²) >= 11 is 0. The molecule has 11 aromatic rings. The predicted molar refractivity (Wildman–Crippen MR) is 250 cm³/mol. The molecule has 0 aliphatic rings. The molecule has 0 aliphatic carbocycles. The second kappa shape index (κ2) is 17.3. The van der Waals surface area contributed by atoms with E-state index in [9.17, 15) is 0 Å². The summed E-state index contributed by atoms with van der Waals surface area (Å²) in [7, 11) is 0. The van der Waals surface area contributed by atoms with Gasteiger partial charge in [0.05, 0.1) is 27.8 Å². The van der Waals surface area contributed by atoms with E-state index >= 15 is 0 Å². The Labute approximate surface area is 375 Å². The van der Waals surface area contributed by atoms with Crippen LogP contribution in [0.3, 0.4) is 0 Å². The van der Waals surface area contributed by atoms with Crippen LogP contribution in [0.1, 0.15) is 50.7 Å². The Morgan fingerprint density at radius 2 is 1.23 bits per heavy atom. The molecule has 62 heavy (non-hydrogen) atoms. The molecule has 11 rings (SSSR count). The molecule has 5 nitrogen and oxygen atoms in total. The molecule has 0 N–H and O–H groups in total. The maximum absolute atomic E-state index is 6.88. The zero-order valence-corrected chi connectivity index (χ0v) is 37.3. The molecule has 0 bridgehead atoms. The summed E-state index contributed by atoms with van der Waals surface area (Å²) in [6.45, 7) is 9.12. The molecule has 7 aromatic carbocycles. The van der Waals surface area contributed by atoms with Gasteiger partial charge in [0.1, 0.15) is 16.9 Å². The van der Waals surface area contributed by atoms with Crippen LogP contribution in [0.15, 0.2) is 185 Å². The van der Waals surface area contributed by atoms with Gasteiger partial charge in [0, 0.05) is 42.9 Å². The zero-order valence-electron chi connectivity index (χ0n) is 34.9. The molecule has 305 valence electrons. The van der Waals surface area contributed by atoms with Crippen molar-refractivity contribution < 1.29 is 28.9 Å². The van der Waals surface area contributed by atoms with Crippen molar-refractivity contribution in [1.29, 1.82) is 0 Å². The van der Waals surface area contributed by atoms with Gasteiger partial charge in [-0.25, -0.2) is 0 Å². The molecule has 0 amide bonds. The minimum Gasteiger partial charge on any atom is -0.500 e. The number of benzene rings is 7. The van der Waals surface area contributed by atoms with Crippen molar-refractivity contribution in [3.8, 4) is 50.8 Å². The molecule has 0 saturated heterocycles. The van der Waals surface area contributed by atoms with Crippen LogP contribution < -0.4 is 0 Å². The minimum atomic E-state index is 0. The molecule has 4 aromatic heterocycles. The molecule has 0 saturated carbocycles. The molecule has 0 aliphatic heterocycles. The van der Waals surface area contributed by atoms with Gasteiger partial charge in [0.25, 0.3) is 0 Å². The van der Waals surface area contributed by atoms with Crippen LogP contribution in [0.5, 0.6) is 0 Å². The first kappa shape index (κ1) is 40.5. The zero-order chi connectivity index (χ0) is 41.5. The Bertz CT molecular complexity index is 3230. The third-order valence-corrected chi connectivity index (χ3v) is 11.3. The molecular weight excluding hydrogens is 939 g/mol. The van der Waals surface area contributed by atoms with E-state index < -0.39 is 0 Å². The summed E-state index contributed by atoms with van der Waals surface area (Å²) in [5.41, 5.74) is 14.4. The molecule has 6 heteroatoms. The fourth-order valence-electron chi connectivity index (χ4n) is 8.33. The summed E-state index contributed by atoms with van der Waals surface area (Å²) in [5.74, 6) is 2.17. The number of para-hydroxylation sites is 2. The van der Waals surface area contributed by atoms with Gasteiger partial charge in [0.15, 0.2) is 0 Å². The number of nitrogens with zero attached hydrogens (tertiary/aromatic N) is 3. The summed E-state index contributed by atoms with van der Waals surface area (Å²) in [4.78, 5) is 9.54. The standard InChI is InChI=1S/C45H35N2O2.C11H8N.Ir/c1-27(2)35-24-31(29-14-7-5-8-15-29)25-36(28(3)4)42(35)47-39-21-12-11-20-38(39)46-45(47)34-19-13-18-32-33-22-23-40-37(44(33)49-43(32)34)26-41(48-40)30-16-9-6-10-17-30;1-2-6-10(7-3-1)11-8-4-5-9-12-11;/h5-18,20-28H,1-4H3;1-6,8-9H;/q2*-1;. The van der Waals surface area contributed by atoms with Crippen LogP contribution in [0, 0.1) is 12.1 Å². The van der Waals surface area contributed by atoms with Crippen molar-refractivity contribution in [2.24, 2.45) is 0 Å². The van der Waals surface area contributed by atoms with E-state index in [0.717, 1.165) is 77.9 Å². The third-order valence-electron chi connectivity index (χ3n) is 11.3. The average molecular weight is 982 g/mol. The van der Waals surface area contributed by atoms with Crippen molar-refractivity contribution in [2.45, 2.75) is 39.5 Å². The van der Waals surface area contributed by atoms with E-state index in [0.29, 0.717) is 0 Å². The SMILES string of the molecule is CC(C)c1cc(-c2ccccc2)cc(C(C)C)c1-n1c(-c2[c-]ccc3c2oc2c4cc(-c5ccccc5)oc4ccc32)nc2ccccc21.[Ir].[c-]1ccccc1-c1ccccn1. The topological polar surface area (TPSA) is 57.0 Å². The Morgan fingerprint density at radius 3 is 1.92 bits per heavy atom. The summed E-state index contributed by atoms with van der Waals surface area (Å²) in [6.07, 6.45) is 1.79. The van der Waals surface area contributed by atoms with Crippen LogP contribution in [0.2, 0.25) is 0 Å². The quantitative estimate of drug-likeness (QED) is 0.149. The monoisotopic (exact) mass is 982 g/mol. The van der Waals surface area contributed by atoms with Crippen molar-refractivity contribution in [1.82, 2.24) is 14.5 Å². The van der Waals surface area contributed by atoms with Gasteiger partial charge in [-0.05, 0) is 88.3 Å². The van der Waals surface area contributed by atoms with E-state index in [1.807, 2.05) is 72.8 Å². The van der Waals surface area contributed by atoms with Crippen LogP contribution in [-0.4, -0.2) is 14.5 Å². The van der Waals surface area contributed by atoms with Gasteiger partial charge in [-0.2, -0.15) is 0 Å². The first-order valence-corrected chi connectivity index (χ1v) is 20.9. The predicted octanol–water partition coefficient (Wildman–Crippen LogP) is 15.3. The number of hydrogen-bond acceptors (Lipinski definition) is 4. The van der Waals surface area contributed by atoms with Gasteiger partial charge in [-0.3, -0.25) is 4.98 Å². The Morgan fingerprint density at radius 1 is 0.548 bits per heavy atom. The van der Waals surface area contributed by atoms with E-state index in [1.54, 1.807) is 6.20 Å². The molecule has 4 heterocycles. The molecule has 0 fully saturated rings. The van der Waals surface area contributed by atoms with Gasteiger partial charge < -0.3 is 18.4 Å². The normalized spacial score (nSPS) is 11.4. The van der Waals surface area contributed by atoms with Gasteiger partial charge in [-0.1, -0.05) is 124 Å². The van der Waals surface area contributed by atoms with E-state index in [2.05, 4.69) is 146 Å². The fraction of sp³-hybridized carbons (Fsp3) is 0.107. The number of hydrogen-bond donors (Lipinski definition) is 0. The number of aromatic nitrogens is 3. The summed E-state index contributed by atoms with van der Waals surface area (Å²) in [6, 6.07) is 64.7. The average Bonchev–Trinajstić information content (AvgIpc) is 4.04. The summed E-state index contributed by atoms with van der Waals surface area (Å²) in [5, 5.41) is 3.02. The van der Waals surface area contributed by atoms with Crippen molar-refractivity contribution in [2.75, 3.05) is 0 Å². The van der Waals surface area contributed by atoms with Crippen LogP contribution in [0.4, 0.5) is 0 Å². The first-order valence-electron chi connectivity index (χ1n) is 20.9. The molecule has 0 spiro atoms. The molecule has 1 radical (unpaired) electrons. The minimum absolute atomic E-state index is 0. The first-order chi connectivity index (χ1) is 29.9. The Balaban J connectivity index is 0.000000325. The van der Waals surface area contributed by atoms with Crippen LogP contribution in [-0.2, 0) is 20.1 Å². The molecular formula is C56H43IrN3O2-2.